The van der Waals surface area contributed by atoms with E-state index >= 15 is 0 Å². The molecule has 4 nitrogen and oxygen atoms in total. The number of nitrogens with zero attached hydrogens (tertiary/aromatic N) is 2. The minimum atomic E-state index is -0.0979. The van der Waals surface area contributed by atoms with Crippen LogP contribution in [0.4, 0.5) is 5.69 Å². The molecule has 148 valence electrons. The Morgan fingerprint density at radius 3 is 2.38 bits per heavy atom. The molecule has 0 saturated carbocycles. The molecule has 0 atom stereocenters. The third-order valence-electron chi connectivity index (χ3n) is 5.89. The standard InChI is InChI=1S/C25H26N2O2/c26-17-22(24(29)7-1-4-18-8-10-23(28)11-9-18)16-19-14-20-5-2-12-27-13-3-6-21(15-19)25(20)27/h8-11,14-16,28H,1-7,12-13H2/b22-16-. The summed E-state index contributed by atoms with van der Waals surface area (Å²) in [4.78, 5) is 15.1. The predicted octanol–water partition coefficient (Wildman–Crippen LogP) is 4.59. The molecule has 1 N–H and O–H groups in total. The topological polar surface area (TPSA) is 64.3 Å². The third kappa shape index (κ3) is 4.35. The van der Waals surface area contributed by atoms with E-state index in [0.717, 1.165) is 43.5 Å². The van der Waals surface area contributed by atoms with Crippen LogP contribution in [0.25, 0.3) is 6.08 Å². The van der Waals surface area contributed by atoms with Crippen molar-refractivity contribution in [3.8, 4) is 11.8 Å². The molecule has 4 rings (SSSR count). The van der Waals surface area contributed by atoms with Crippen molar-refractivity contribution >= 4 is 17.5 Å². The summed E-state index contributed by atoms with van der Waals surface area (Å²) in [6.07, 6.45) is 8.05. The van der Waals surface area contributed by atoms with Gasteiger partial charge in [0.25, 0.3) is 0 Å². The fourth-order valence-corrected chi connectivity index (χ4v) is 4.51. The predicted molar refractivity (Wildman–Crippen MR) is 115 cm³/mol. The van der Waals surface area contributed by atoms with E-state index in [9.17, 15) is 15.2 Å². The molecule has 2 aliphatic heterocycles. The van der Waals surface area contributed by atoms with Gasteiger partial charge in [-0.15, -0.1) is 0 Å². The van der Waals surface area contributed by atoms with Crippen molar-refractivity contribution in [2.24, 2.45) is 0 Å². The zero-order valence-electron chi connectivity index (χ0n) is 16.7. The Hall–Kier alpha value is -3.06. The summed E-state index contributed by atoms with van der Waals surface area (Å²) >= 11 is 0. The second-order valence-electron chi connectivity index (χ2n) is 7.99. The maximum Gasteiger partial charge on any atom is 0.173 e. The van der Waals surface area contributed by atoms with E-state index in [4.69, 9.17) is 0 Å². The molecule has 2 aliphatic rings. The number of hydrogen-bond acceptors (Lipinski definition) is 4. The quantitative estimate of drug-likeness (QED) is 0.582. The van der Waals surface area contributed by atoms with Gasteiger partial charge in [-0.3, -0.25) is 4.79 Å². The average molecular weight is 386 g/mol. The number of phenolic OH excluding ortho intramolecular Hbond substituents is 1. The first-order chi connectivity index (χ1) is 14.1. The van der Waals surface area contributed by atoms with Crippen LogP contribution >= 0.6 is 0 Å². The van der Waals surface area contributed by atoms with Crippen LogP contribution in [0.15, 0.2) is 42.0 Å². The second-order valence-corrected chi connectivity index (χ2v) is 7.99. The van der Waals surface area contributed by atoms with Crippen LogP contribution in [0.2, 0.25) is 0 Å². The highest BCUT2D eigenvalue weighted by molar-refractivity contribution is 6.03. The smallest absolute Gasteiger partial charge is 0.173 e. The van der Waals surface area contributed by atoms with Gasteiger partial charge in [-0.25, -0.2) is 0 Å². The van der Waals surface area contributed by atoms with E-state index < -0.39 is 0 Å². The number of Topliss-reactive ketones (excluding diaryl/α,β-unsaturated/α-hetero) is 1. The molecule has 0 bridgehead atoms. The summed E-state index contributed by atoms with van der Waals surface area (Å²) in [5.41, 5.74) is 6.42. The molecular weight excluding hydrogens is 360 g/mol. The van der Waals surface area contributed by atoms with Crippen molar-refractivity contribution in [3.05, 3.63) is 64.2 Å². The largest absolute Gasteiger partial charge is 0.508 e. The van der Waals surface area contributed by atoms with E-state index in [-0.39, 0.29) is 17.1 Å². The van der Waals surface area contributed by atoms with Crippen LogP contribution in [0.5, 0.6) is 5.75 Å². The monoisotopic (exact) mass is 386 g/mol. The molecule has 2 heterocycles. The molecule has 0 fully saturated rings. The Balaban J connectivity index is 1.46. The molecule has 0 saturated heterocycles. The number of ketones is 1. The van der Waals surface area contributed by atoms with E-state index in [0.29, 0.717) is 12.8 Å². The maximum absolute atomic E-state index is 12.6. The number of nitriles is 1. The summed E-state index contributed by atoms with van der Waals surface area (Å²) in [6, 6.07) is 13.5. The lowest BCUT2D eigenvalue weighted by Crippen LogP contribution is -2.34. The second kappa shape index (κ2) is 8.53. The summed E-state index contributed by atoms with van der Waals surface area (Å²) in [6.45, 7) is 2.27. The number of phenols is 1. The number of hydrogen-bond donors (Lipinski definition) is 1. The number of allylic oxidation sites excluding steroid dienone is 1. The molecule has 29 heavy (non-hydrogen) atoms. The SMILES string of the molecule is N#C/C(=C/c1cc2c3c(c1)CCCN3CCC2)C(=O)CCCc1ccc(O)cc1. The number of carbonyl (C=O) groups is 1. The number of carbonyl (C=O) groups excluding carboxylic acids is 1. The lowest BCUT2D eigenvalue weighted by Gasteiger charge is -2.37. The molecule has 0 aliphatic carbocycles. The summed E-state index contributed by atoms with van der Waals surface area (Å²) in [5, 5.41) is 18.9. The van der Waals surface area contributed by atoms with Crippen LogP contribution in [0.1, 0.15) is 47.9 Å². The van der Waals surface area contributed by atoms with Gasteiger partial charge in [0.15, 0.2) is 5.78 Å². The normalized spacial score (nSPS) is 15.6. The van der Waals surface area contributed by atoms with Crippen molar-refractivity contribution in [1.82, 2.24) is 0 Å². The van der Waals surface area contributed by atoms with Crippen LogP contribution in [0.3, 0.4) is 0 Å². The van der Waals surface area contributed by atoms with Gasteiger partial charge in [-0.05, 0) is 91.1 Å². The molecule has 0 unspecified atom stereocenters. The fraction of sp³-hybridized carbons (Fsp3) is 0.360. The lowest BCUT2D eigenvalue weighted by atomic mass is 9.89. The zero-order chi connectivity index (χ0) is 20.2. The van der Waals surface area contributed by atoms with E-state index in [2.05, 4.69) is 23.1 Å². The highest BCUT2D eigenvalue weighted by atomic mass is 16.3. The summed E-state index contributed by atoms with van der Waals surface area (Å²) in [7, 11) is 0. The van der Waals surface area contributed by atoms with Crippen LogP contribution in [-0.2, 0) is 24.1 Å². The number of benzene rings is 2. The lowest BCUT2D eigenvalue weighted by molar-refractivity contribution is -0.115. The van der Waals surface area contributed by atoms with Crippen molar-refractivity contribution in [2.45, 2.75) is 44.9 Å². The number of anilines is 1. The van der Waals surface area contributed by atoms with Gasteiger partial charge in [0.2, 0.25) is 0 Å². The Morgan fingerprint density at radius 1 is 1.10 bits per heavy atom. The van der Waals surface area contributed by atoms with Gasteiger partial charge in [0.1, 0.15) is 11.8 Å². The molecular formula is C25H26N2O2. The fourth-order valence-electron chi connectivity index (χ4n) is 4.51. The first-order valence-electron chi connectivity index (χ1n) is 10.5. The van der Waals surface area contributed by atoms with Gasteiger partial charge in [0.05, 0.1) is 5.57 Å². The van der Waals surface area contributed by atoms with Crippen molar-refractivity contribution in [3.63, 3.8) is 0 Å². The van der Waals surface area contributed by atoms with Crippen molar-refractivity contribution < 1.29 is 9.90 Å². The zero-order valence-corrected chi connectivity index (χ0v) is 16.7. The Kier molecular flexibility index (Phi) is 5.67. The highest BCUT2D eigenvalue weighted by Crippen LogP contribution is 2.36. The first kappa shape index (κ1) is 19.3. The summed E-state index contributed by atoms with van der Waals surface area (Å²) in [5.74, 6) is 0.144. The highest BCUT2D eigenvalue weighted by Gasteiger charge is 2.24. The molecule has 2 aromatic carbocycles. The van der Waals surface area contributed by atoms with Crippen molar-refractivity contribution in [1.29, 1.82) is 5.26 Å². The average Bonchev–Trinajstić information content (AvgIpc) is 2.74. The molecule has 0 aromatic heterocycles. The van der Waals surface area contributed by atoms with Crippen molar-refractivity contribution in [2.75, 3.05) is 18.0 Å². The Bertz CT molecular complexity index is 952. The van der Waals surface area contributed by atoms with Gasteiger partial charge in [-0.2, -0.15) is 5.26 Å². The third-order valence-corrected chi connectivity index (χ3v) is 5.89. The summed E-state index contributed by atoms with van der Waals surface area (Å²) < 4.78 is 0. The number of aryl methyl sites for hydroxylation is 3. The molecule has 2 aromatic rings. The maximum atomic E-state index is 12.6. The van der Waals surface area contributed by atoms with Gasteiger partial charge < -0.3 is 10.0 Å². The Morgan fingerprint density at radius 2 is 1.76 bits per heavy atom. The molecule has 0 radical (unpaired) electrons. The van der Waals surface area contributed by atoms with Gasteiger partial charge in [-0.1, -0.05) is 12.1 Å². The molecule has 0 spiro atoms. The van der Waals surface area contributed by atoms with Crippen LogP contribution < -0.4 is 4.90 Å². The van der Waals surface area contributed by atoms with E-state index in [1.54, 1.807) is 18.2 Å². The van der Waals surface area contributed by atoms with E-state index in [1.165, 1.54) is 29.7 Å². The Labute approximate surface area is 172 Å². The minimum absolute atomic E-state index is 0.0979. The van der Waals surface area contributed by atoms with Gasteiger partial charge in [0, 0.05) is 25.2 Å². The van der Waals surface area contributed by atoms with E-state index in [1.807, 2.05) is 12.1 Å². The van der Waals surface area contributed by atoms with Crippen LogP contribution in [0, 0.1) is 11.3 Å². The minimum Gasteiger partial charge on any atom is -0.508 e. The first-order valence-corrected chi connectivity index (χ1v) is 10.5. The number of rotatable bonds is 6. The van der Waals surface area contributed by atoms with Crippen LogP contribution in [-0.4, -0.2) is 24.0 Å². The van der Waals surface area contributed by atoms with Gasteiger partial charge >= 0.3 is 0 Å². The number of aromatic hydroxyl groups is 1. The molecule has 0 amide bonds. The molecule has 4 heteroatoms.